The van der Waals surface area contributed by atoms with Gasteiger partial charge in [0.1, 0.15) is 0 Å². The first-order valence-corrected chi connectivity index (χ1v) is 6.59. The minimum atomic E-state index is -1.03. The van der Waals surface area contributed by atoms with E-state index in [0.29, 0.717) is 16.1 Å². The van der Waals surface area contributed by atoms with Crippen LogP contribution in [-0.2, 0) is 0 Å². The molecule has 0 radical (unpaired) electrons. The highest BCUT2D eigenvalue weighted by Gasteiger charge is 2.13. The Morgan fingerprint density at radius 3 is 2.52 bits per heavy atom. The van der Waals surface area contributed by atoms with E-state index in [4.69, 9.17) is 16.7 Å². The van der Waals surface area contributed by atoms with Crippen molar-refractivity contribution in [2.45, 2.75) is 0 Å². The van der Waals surface area contributed by atoms with Crippen LogP contribution in [0.5, 0.6) is 0 Å². The summed E-state index contributed by atoms with van der Waals surface area (Å²) in [6.45, 7) is 0. The molecule has 1 N–H and O–H groups in total. The third kappa shape index (κ3) is 2.41. The maximum Gasteiger partial charge on any atom is 0.335 e. The Labute approximate surface area is 125 Å². The van der Waals surface area contributed by atoms with Crippen LogP contribution in [-0.4, -0.2) is 21.6 Å². The van der Waals surface area contributed by atoms with Gasteiger partial charge in [-0.25, -0.2) is 4.79 Å². The molecule has 2 aromatic carbocycles. The summed E-state index contributed by atoms with van der Waals surface area (Å²) in [5.74, 6) is -1.28. The van der Waals surface area contributed by atoms with Crippen LogP contribution in [0.25, 0.3) is 10.9 Å². The number of hydrogen-bond acceptors (Lipinski definition) is 2. The lowest BCUT2D eigenvalue weighted by Crippen LogP contribution is -2.10. The minimum absolute atomic E-state index is 0.140. The SMILES string of the molecule is O=C(O)c1ccc2ccn(C(=O)c3cccc(Cl)c3)c2c1. The zero-order chi connectivity index (χ0) is 15.0. The predicted octanol–water partition coefficient (Wildman–Crippen LogP) is 3.68. The average Bonchev–Trinajstić information content (AvgIpc) is 2.89. The fourth-order valence-electron chi connectivity index (χ4n) is 2.20. The topological polar surface area (TPSA) is 59.3 Å². The number of aromatic nitrogens is 1. The van der Waals surface area contributed by atoms with E-state index in [0.717, 1.165) is 5.39 Å². The first kappa shape index (κ1) is 13.4. The van der Waals surface area contributed by atoms with Gasteiger partial charge in [0.25, 0.3) is 5.91 Å². The summed E-state index contributed by atoms with van der Waals surface area (Å²) in [5, 5.41) is 10.3. The van der Waals surface area contributed by atoms with Crippen molar-refractivity contribution >= 4 is 34.4 Å². The van der Waals surface area contributed by atoms with E-state index in [-0.39, 0.29) is 11.5 Å². The van der Waals surface area contributed by atoms with Crippen molar-refractivity contribution in [2.24, 2.45) is 0 Å². The number of rotatable bonds is 2. The molecule has 0 amide bonds. The molecule has 5 heteroatoms. The third-order valence-electron chi connectivity index (χ3n) is 3.23. The molecule has 0 saturated heterocycles. The molecule has 0 aliphatic carbocycles. The van der Waals surface area contributed by atoms with Gasteiger partial charge >= 0.3 is 5.97 Å². The molecule has 4 nitrogen and oxygen atoms in total. The van der Waals surface area contributed by atoms with Gasteiger partial charge < -0.3 is 5.11 Å². The van der Waals surface area contributed by atoms with Crippen LogP contribution in [0.4, 0.5) is 0 Å². The molecule has 0 fully saturated rings. The molecule has 0 aliphatic heterocycles. The number of benzene rings is 2. The van der Waals surface area contributed by atoms with Gasteiger partial charge in [0.05, 0.1) is 11.1 Å². The lowest BCUT2D eigenvalue weighted by molar-refractivity contribution is 0.0696. The van der Waals surface area contributed by atoms with Gasteiger partial charge in [-0.2, -0.15) is 0 Å². The van der Waals surface area contributed by atoms with Gasteiger partial charge in [-0.1, -0.05) is 23.7 Å². The molecule has 0 saturated carbocycles. The Hall–Kier alpha value is -2.59. The van der Waals surface area contributed by atoms with Crippen molar-refractivity contribution in [3.63, 3.8) is 0 Å². The molecular weight excluding hydrogens is 290 g/mol. The third-order valence-corrected chi connectivity index (χ3v) is 3.47. The molecule has 104 valence electrons. The van der Waals surface area contributed by atoms with Gasteiger partial charge in [-0.15, -0.1) is 0 Å². The zero-order valence-electron chi connectivity index (χ0n) is 10.8. The molecule has 0 aliphatic rings. The maximum absolute atomic E-state index is 12.5. The Morgan fingerprint density at radius 1 is 1.00 bits per heavy atom. The second-order valence-electron chi connectivity index (χ2n) is 4.58. The smallest absolute Gasteiger partial charge is 0.335 e. The van der Waals surface area contributed by atoms with E-state index in [9.17, 15) is 9.59 Å². The van der Waals surface area contributed by atoms with Crippen LogP contribution in [0, 0.1) is 0 Å². The monoisotopic (exact) mass is 299 g/mol. The summed E-state index contributed by atoms with van der Waals surface area (Å²) in [6.07, 6.45) is 1.62. The quantitative estimate of drug-likeness (QED) is 0.785. The van der Waals surface area contributed by atoms with Crippen LogP contribution in [0.15, 0.2) is 54.7 Å². The number of carboxylic acids is 1. The van der Waals surface area contributed by atoms with Gasteiger partial charge in [0.15, 0.2) is 0 Å². The summed E-state index contributed by atoms with van der Waals surface area (Å²) in [5.41, 5.74) is 1.14. The van der Waals surface area contributed by atoms with Gasteiger partial charge in [-0.05, 0) is 36.4 Å². The van der Waals surface area contributed by atoms with Crippen LogP contribution in [0.1, 0.15) is 20.7 Å². The van der Waals surface area contributed by atoms with Crippen molar-refractivity contribution in [2.75, 3.05) is 0 Å². The Morgan fingerprint density at radius 2 is 1.81 bits per heavy atom. The van der Waals surface area contributed by atoms with Crippen molar-refractivity contribution in [3.8, 4) is 0 Å². The molecule has 0 unspecified atom stereocenters. The van der Waals surface area contributed by atoms with E-state index < -0.39 is 5.97 Å². The van der Waals surface area contributed by atoms with Crippen molar-refractivity contribution < 1.29 is 14.7 Å². The summed E-state index contributed by atoms with van der Waals surface area (Å²) >= 11 is 5.90. The van der Waals surface area contributed by atoms with Crippen molar-refractivity contribution in [3.05, 3.63) is 70.9 Å². The number of aromatic carboxylic acids is 1. The molecule has 0 spiro atoms. The maximum atomic E-state index is 12.5. The van der Waals surface area contributed by atoms with Crippen LogP contribution < -0.4 is 0 Å². The fraction of sp³-hybridized carbons (Fsp3) is 0. The Bertz CT molecular complexity index is 867. The molecule has 0 bridgehead atoms. The molecule has 21 heavy (non-hydrogen) atoms. The molecule has 1 aromatic heterocycles. The van der Waals surface area contributed by atoms with Crippen molar-refractivity contribution in [1.82, 2.24) is 4.57 Å². The molecule has 0 atom stereocenters. The van der Waals surface area contributed by atoms with Gasteiger partial charge in [-0.3, -0.25) is 9.36 Å². The van der Waals surface area contributed by atoms with E-state index in [2.05, 4.69) is 0 Å². The highest BCUT2D eigenvalue weighted by atomic mass is 35.5. The van der Waals surface area contributed by atoms with Gasteiger partial charge in [0, 0.05) is 22.2 Å². The fourth-order valence-corrected chi connectivity index (χ4v) is 2.39. The van der Waals surface area contributed by atoms with E-state index in [1.54, 1.807) is 42.6 Å². The number of hydrogen-bond donors (Lipinski definition) is 1. The highest BCUT2D eigenvalue weighted by molar-refractivity contribution is 6.31. The lowest BCUT2D eigenvalue weighted by Gasteiger charge is -2.05. The predicted molar refractivity (Wildman–Crippen MR) is 80.1 cm³/mol. The second kappa shape index (κ2) is 5.07. The highest BCUT2D eigenvalue weighted by Crippen LogP contribution is 2.20. The number of fused-ring (bicyclic) bond motifs is 1. The van der Waals surface area contributed by atoms with Crippen LogP contribution in [0.2, 0.25) is 5.02 Å². The number of carbonyl (C=O) groups is 2. The summed E-state index contributed by atoms with van der Waals surface area (Å²) in [7, 11) is 0. The minimum Gasteiger partial charge on any atom is -0.478 e. The summed E-state index contributed by atoms with van der Waals surface area (Å²) in [6, 6.07) is 13.1. The molecule has 3 rings (SSSR count). The zero-order valence-corrected chi connectivity index (χ0v) is 11.5. The average molecular weight is 300 g/mol. The largest absolute Gasteiger partial charge is 0.478 e. The second-order valence-corrected chi connectivity index (χ2v) is 5.02. The standard InChI is InChI=1S/C16H10ClNO3/c17-13-3-1-2-11(8-13)15(19)18-7-6-10-4-5-12(16(20)21)9-14(10)18/h1-9H,(H,20,21). The Balaban J connectivity index is 2.14. The van der Waals surface area contributed by atoms with Crippen LogP contribution in [0.3, 0.4) is 0 Å². The first-order chi connectivity index (χ1) is 10.1. The van der Waals surface area contributed by atoms with Crippen LogP contribution >= 0.6 is 11.6 Å². The van der Waals surface area contributed by atoms with E-state index in [1.165, 1.54) is 16.7 Å². The number of carbonyl (C=O) groups excluding carboxylic acids is 1. The van der Waals surface area contributed by atoms with E-state index in [1.807, 2.05) is 0 Å². The van der Waals surface area contributed by atoms with E-state index >= 15 is 0 Å². The van der Waals surface area contributed by atoms with Crippen molar-refractivity contribution in [1.29, 1.82) is 0 Å². The lowest BCUT2D eigenvalue weighted by atomic mass is 10.1. The first-order valence-electron chi connectivity index (χ1n) is 6.21. The molecular formula is C16H10ClNO3. The number of halogens is 1. The molecule has 1 heterocycles. The Kier molecular flexibility index (Phi) is 3.23. The van der Waals surface area contributed by atoms with Gasteiger partial charge in [0.2, 0.25) is 0 Å². The normalized spacial score (nSPS) is 10.7. The summed E-state index contributed by atoms with van der Waals surface area (Å²) < 4.78 is 1.42. The summed E-state index contributed by atoms with van der Waals surface area (Å²) in [4.78, 5) is 23.6. The number of carboxylic acid groups (broad SMARTS) is 1. The number of nitrogens with zero attached hydrogens (tertiary/aromatic N) is 1. The molecule has 3 aromatic rings.